The van der Waals surface area contributed by atoms with Crippen LogP contribution in [0.25, 0.3) is 17.4 Å². The molecule has 0 aliphatic rings. The Morgan fingerprint density at radius 2 is 1.27 bits per heavy atom. The fourth-order valence-corrected chi connectivity index (χ4v) is 6.02. The Labute approximate surface area is 297 Å². The van der Waals surface area contributed by atoms with Crippen LogP contribution in [0.5, 0.6) is 0 Å². The van der Waals surface area contributed by atoms with Crippen LogP contribution in [-0.2, 0) is 9.59 Å². The number of hydrogen-bond acceptors (Lipinski definition) is 7. The van der Waals surface area contributed by atoms with Crippen molar-refractivity contribution in [3.05, 3.63) is 184 Å². The van der Waals surface area contributed by atoms with Gasteiger partial charge in [0.15, 0.2) is 0 Å². The number of nitrogens with one attached hydrogen (secondary N) is 3. The van der Waals surface area contributed by atoms with E-state index in [1.54, 1.807) is 66.7 Å². The lowest BCUT2D eigenvalue weighted by molar-refractivity contribution is -0.384. The van der Waals surface area contributed by atoms with Gasteiger partial charge in [-0.2, -0.15) is 0 Å². The Kier molecular flexibility index (Phi) is 10.8. The number of furan rings is 1. The normalized spacial score (nSPS) is 11.6. The summed E-state index contributed by atoms with van der Waals surface area (Å²) in [6.45, 7) is 0. The molecule has 0 saturated carbocycles. The highest BCUT2D eigenvalue weighted by atomic mass is 32.2. The maximum atomic E-state index is 13.6. The number of amides is 3. The molecule has 0 radical (unpaired) electrons. The topological polar surface area (TPSA) is 144 Å². The molecule has 3 N–H and O–H groups in total. The Balaban J connectivity index is 1.19. The van der Waals surface area contributed by atoms with Gasteiger partial charge >= 0.3 is 0 Å². The van der Waals surface area contributed by atoms with E-state index in [-0.39, 0.29) is 17.3 Å². The lowest BCUT2D eigenvalue weighted by Crippen LogP contribution is -2.30. The predicted octanol–water partition coefficient (Wildman–Crippen LogP) is 8.74. The number of carbonyl (C=O) groups excluding carboxylic acids is 3. The Morgan fingerprint density at radius 1 is 0.686 bits per heavy atom. The summed E-state index contributed by atoms with van der Waals surface area (Å²) in [7, 11) is 0. The van der Waals surface area contributed by atoms with Crippen molar-refractivity contribution >= 4 is 52.6 Å². The summed E-state index contributed by atoms with van der Waals surface area (Å²) in [5.41, 5.74) is 2.80. The van der Waals surface area contributed by atoms with Crippen LogP contribution in [-0.4, -0.2) is 22.6 Å². The molecule has 51 heavy (non-hydrogen) atoms. The minimum atomic E-state index is -0.654. The Bertz CT molecular complexity index is 2170. The van der Waals surface area contributed by atoms with Gasteiger partial charge in [-0.1, -0.05) is 78.9 Å². The van der Waals surface area contributed by atoms with E-state index < -0.39 is 22.0 Å². The van der Waals surface area contributed by atoms with Gasteiger partial charge in [0.2, 0.25) is 5.91 Å². The molecule has 5 aromatic carbocycles. The second-order valence-electron chi connectivity index (χ2n) is 11.1. The number of hydrogen-bond donors (Lipinski definition) is 3. The average Bonchev–Trinajstić information content (AvgIpc) is 3.64. The van der Waals surface area contributed by atoms with Gasteiger partial charge in [0, 0.05) is 45.6 Å². The molecule has 6 aromatic rings. The first-order chi connectivity index (χ1) is 24.8. The van der Waals surface area contributed by atoms with Gasteiger partial charge in [0.05, 0.1) is 4.92 Å². The molecule has 0 saturated heterocycles. The van der Waals surface area contributed by atoms with Gasteiger partial charge in [-0.25, -0.2) is 0 Å². The zero-order valence-electron chi connectivity index (χ0n) is 26.9. The summed E-state index contributed by atoms with van der Waals surface area (Å²) in [4.78, 5) is 51.4. The number of rotatable bonds is 12. The van der Waals surface area contributed by atoms with Gasteiger partial charge < -0.3 is 20.4 Å². The van der Waals surface area contributed by atoms with Gasteiger partial charge in [0.25, 0.3) is 17.5 Å². The van der Waals surface area contributed by atoms with Crippen LogP contribution in [0.4, 0.5) is 17.1 Å². The van der Waals surface area contributed by atoms with Crippen molar-refractivity contribution in [1.82, 2.24) is 5.32 Å². The molecule has 6 rings (SSSR count). The molecule has 1 atom stereocenters. The van der Waals surface area contributed by atoms with E-state index in [9.17, 15) is 24.5 Å². The second-order valence-corrected chi connectivity index (χ2v) is 12.3. The molecule has 0 fully saturated rings. The number of carbonyl (C=O) groups is 3. The summed E-state index contributed by atoms with van der Waals surface area (Å²) in [5, 5.41) is 18.8. The smallest absolute Gasteiger partial charge is 0.272 e. The third kappa shape index (κ3) is 9.05. The number of non-ortho nitro benzene ring substituents is 1. The summed E-state index contributed by atoms with van der Waals surface area (Å²) in [5.74, 6) is -0.355. The first kappa shape index (κ1) is 34.2. The summed E-state index contributed by atoms with van der Waals surface area (Å²) in [6.07, 6.45) is 1.47. The second kappa shape index (κ2) is 16.1. The zero-order valence-corrected chi connectivity index (χ0v) is 27.7. The van der Waals surface area contributed by atoms with Gasteiger partial charge in [-0.3, -0.25) is 24.5 Å². The fraction of sp³-hybridized carbons (Fsp3) is 0.0250. The first-order valence-corrected chi connectivity index (χ1v) is 16.6. The molecule has 1 aromatic heterocycles. The fourth-order valence-electron chi connectivity index (χ4n) is 5.00. The third-order valence-corrected chi connectivity index (χ3v) is 8.82. The maximum absolute atomic E-state index is 13.6. The minimum absolute atomic E-state index is 0.0247. The van der Waals surface area contributed by atoms with E-state index in [0.717, 1.165) is 16.0 Å². The van der Waals surface area contributed by atoms with E-state index in [1.807, 2.05) is 60.7 Å². The molecular weight excluding hydrogens is 665 g/mol. The maximum Gasteiger partial charge on any atom is 0.272 e. The minimum Gasteiger partial charge on any atom is -0.457 e. The summed E-state index contributed by atoms with van der Waals surface area (Å²) >= 11 is 1.31. The molecule has 1 unspecified atom stereocenters. The average molecular weight is 695 g/mol. The molecule has 0 aliphatic carbocycles. The molecule has 10 nitrogen and oxygen atoms in total. The standard InChI is InChI=1S/C40H30N4O6S/c45-38(29-14-8-3-9-15-29)43-35(26-33-22-25-36(50-33)27-10-4-1-5-11-27)39(46)41-31-18-23-34(24-19-31)51-37(28-12-6-2-7-13-28)40(47)42-30-16-20-32(21-17-30)44(48)49/h1-26,37H,(H,41,46)(H,42,47)(H,43,45). The molecule has 3 amide bonds. The Morgan fingerprint density at radius 3 is 1.92 bits per heavy atom. The zero-order chi connectivity index (χ0) is 35.6. The van der Waals surface area contributed by atoms with Crippen LogP contribution in [0.3, 0.4) is 0 Å². The van der Waals surface area contributed by atoms with Crippen molar-refractivity contribution in [3.63, 3.8) is 0 Å². The van der Waals surface area contributed by atoms with Crippen LogP contribution in [0.15, 0.2) is 167 Å². The van der Waals surface area contributed by atoms with E-state index in [1.165, 1.54) is 42.1 Å². The molecular formula is C40H30N4O6S. The molecule has 1 heterocycles. The van der Waals surface area contributed by atoms with Gasteiger partial charge in [-0.05, 0) is 66.2 Å². The number of anilines is 2. The Hall–Kier alpha value is -6.72. The van der Waals surface area contributed by atoms with Gasteiger partial charge in [0.1, 0.15) is 22.5 Å². The van der Waals surface area contributed by atoms with E-state index in [2.05, 4.69) is 16.0 Å². The van der Waals surface area contributed by atoms with Crippen molar-refractivity contribution in [3.8, 4) is 11.3 Å². The monoisotopic (exact) mass is 694 g/mol. The third-order valence-electron chi connectivity index (χ3n) is 7.55. The van der Waals surface area contributed by atoms with E-state index in [0.29, 0.717) is 28.5 Å². The van der Waals surface area contributed by atoms with E-state index in [4.69, 9.17) is 4.42 Å². The summed E-state index contributed by atoms with van der Waals surface area (Å²) < 4.78 is 5.98. The molecule has 252 valence electrons. The number of nitro groups is 1. The predicted molar refractivity (Wildman–Crippen MR) is 198 cm³/mol. The van der Waals surface area contributed by atoms with Crippen molar-refractivity contribution in [2.75, 3.05) is 10.6 Å². The van der Waals surface area contributed by atoms with Crippen molar-refractivity contribution in [2.24, 2.45) is 0 Å². The number of nitrogens with zero attached hydrogens (tertiary/aromatic N) is 1. The number of nitro benzene ring substituents is 1. The highest BCUT2D eigenvalue weighted by molar-refractivity contribution is 8.00. The molecule has 11 heteroatoms. The van der Waals surface area contributed by atoms with Crippen LogP contribution in [0.1, 0.15) is 26.9 Å². The summed E-state index contributed by atoms with van der Waals surface area (Å²) in [6, 6.07) is 43.4. The van der Waals surface area contributed by atoms with Crippen LogP contribution >= 0.6 is 11.8 Å². The van der Waals surface area contributed by atoms with Crippen molar-refractivity contribution in [2.45, 2.75) is 10.1 Å². The molecule has 0 spiro atoms. The SMILES string of the molecule is O=C(Nc1ccc(SC(C(=O)Nc2ccc([N+](=O)[O-])cc2)c2ccccc2)cc1)C(=Cc1ccc(-c2ccccc2)o1)NC(=O)c1ccccc1. The van der Waals surface area contributed by atoms with Gasteiger partial charge in [-0.15, -0.1) is 11.8 Å². The van der Waals surface area contributed by atoms with Crippen LogP contribution in [0.2, 0.25) is 0 Å². The lowest BCUT2D eigenvalue weighted by Gasteiger charge is -2.17. The molecule has 0 aliphatic heterocycles. The largest absolute Gasteiger partial charge is 0.457 e. The van der Waals surface area contributed by atoms with E-state index >= 15 is 0 Å². The van der Waals surface area contributed by atoms with Crippen molar-refractivity contribution in [1.29, 1.82) is 0 Å². The number of thioether (sulfide) groups is 1. The van der Waals surface area contributed by atoms with Crippen LogP contribution < -0.4 is 16.0 Å². The van der Waals surface area contributed by atoms with Crippen LogP contribution in [0, 0.1) is 10.1 Å². The lowest BCUT2D eigenvalue weighted by atomic mass is 10.1. The highest BCUT2D eigenvalue weighted by Gasteiger charge is 2.23. The van der Waals surface area contributed by atoms with Crippen molar-refractivity contribution < 1.29 is 23.7 Å². The number of benzene rings is 5. The quantitative estimate of drug-likeness (QED) is 0.0503. The first-order valence-electron chi connectivity index (χ1n) is 15.7. The molecule has 0 bridgehead atoms. The highest BCUT2D eigenvalue weighted by Crippen LogP contribution is 2.37.